The third-order valence-electron chi connectivity index (χ3n) is 1.08. The lowest BCUT2D eigenvalue weighted by atomic mass is 10.3. The Morgan fingerprint density at radius 3 is 2.25 bits per heavy atom. The summed E-state index contributed by atoms with van der Waals surface area (Å²) in [4.78, 5) is 8.78. The highest BCUT2D eigenvalue weighted by Gasteiger charge is 1.87. The second kappa shape index (κ2) is 10.2. The first-order chi connectivity index (χ1) is 5.50. The molecule has 0 unspecified atom stereocenters. The second-order valence-electron chi connectivity index (χ2n) is 2.80. The average molecular weight is 176 g/mol. The van der Waals surface area contributed by atoms with E-state index in [0.717, 1.165) is 0 Å². The topological polar surface area (TPSA) is 75.3 Å². The predicted octanol–water partition coefficient (Wildman–Crippen LogP) is 1.41. The van der Waals surface area contributed by atoms with Crippen LogP contribution in [0.25, 0.3) is 0 Å². The summed E-state index contributed by atoms with van der Waals surface area (Å²) in [5.41, 5.74) is 4.03. The van der Waals surface area contributed by atoms with E-state index in [4.69, 9.17) is 9.90 Å². The molecular weight excluding hydrogens is 156 g/mol. The second-order valence-corrected chi connectivity index (χ2v) is 2.80. The molecule has 0 aliphatic rings. The Morgan fingerprint density at radius 1 is 1.58 bits per heavy atom. The van der Waals surface area contributed by atoms with Gasteiger partial charge in [-0.2, -0.15) is 0 Å². The fourth-order valence-corrected chi connectivity index (χ4v) is 0.568. The van der Waals surface area contributed by atoms with Crippen LogP contribution in [-0.4, -0.2) is 23.8 Å². The number of hydrogen-bond donors (Lipinski definition) is 3. The molecule has 0 rings (SSSR count). The van der Waals surface area contributed by atoms with Crippen molar-refractivity contribution >= 4 is 6.09 Å². The summed E-state index contributed by atoms with van der Waals surface area (Å²) < 4.78 is 0. The summed E-state index contributed by atoms with van der Waals surface area (Å²) in [6, 6.07) is 0.654. The molecule has 0 heterocycles. The zero-order chi connectivity index (χ0) is 9.98. The van der Waals surface area contributed by atoms with Crippen molar-refractivity contribution in [1.82, 2.24) is 5.32 Å². The maximum Gasteiger partial charge on any atom is 0.402 e. The van der Waals surface area contributed by atoms with Gasteiger partial charge in [-0.15, -0.1) is 0 Å². The van der Waals surface area contributed by atoms with Crippen LogP contribution in [0.1, 0.15) is 33.6 Å². The van der Waals surface area contributed by atoms with Crippen LogP contribution in [0, 0.1) is 0 Å². The molecule has 0 aliphatic heterocycles. The highest BCUT2D eigenvalue weighted by Crippen LogP contribution is 1.83. The summed E-state index contributed by atoms with van der Waals surface area (Å²) in [7, 11) is 0. The maximum absolute atomic E-state index is 8.78. The minimum atomic E-state index is -1.33. The molecule has 0 fully saturated rings. The van der Waals surface area contributed by atoms with Gasteiger partial charge in [-0.3, -0.25) is 0 Å². The van der Waals surface area contributed by atoms with Gasteiger partial charge in [0.1, 0.15) is 0 Å². The van der Waals surface area contributed by atoms with Crippen molar-refractivity contribution in [3.8, 4) is 0 Å². The van der Waals surface area contributed by atoms with E-state index < -0.39 is 6.09 Å². The fraction of sp³-hybridized carbons (Fsp3) is 0.875. The first-order valence-corrected chi connectivity index (χ1v) is 4.22. The number of nitrogens with one attached hydrogen (secondary N) is 1. The van der Waals surface area contributed by atoms with Gasteiger partial charge in [0.05, 0.1) is 0 Å². The molecule has 0 aliphatic carbocycles. The molecule has 0 radical (unpaired) electrons. The van der Waals surface area contributed by atoms with E-state index >= 15 is 0 Å². The molecule has 4 heteroatoms. The summed E-state index contributed by atoms with van der Waals surface area (Å²) in [5, 5.41) is 10.5. The fourth-order valence-electron chi connectivity index (χ4n) is 0.568. The zero-order valence-electron chi connectivity index (χ0n) is 8.13. The van der Waals surface area contributed by atoms with Crippen molar-refractivity contribution in [2.45, 2.75) is 39.7 Å². The first-order valence-electron chi connectivity index (χ1n) is 4.22. The van der Waals surface area contributed by atoms with Crippen LogP contribution in [0.3, 0.4) is 0 Å². The van der Waals surface area contributed by atoms with Gasteiger partial charge in [0.15, 0.2) is 0 Å². The summed E-state index contributed by atoms with van der Waals surface area (Å²) in [6.45, 7) is 7.74. The van der Waals surface area contributed by atoms with Crippen LogP contribution in [0.15, 0.2) is 0 Å². The van der Waals surface area contributed by atoms with Gasteiger partial charge >= 0.3 is 6.09 Å². The number of rotatable bonds is 4. The normalized spacial score (nSPS) is 9.00. The molecule has 1 amide bonds. The molecule has 0 atom stereocenters. The van der Waals surface area contributed by atoms with Crippen molar-refractivity contribution in [3.63, 3.8) is 0 Å². The molecule has 0 aromatic rings. The van der Waals surface area contributed by atoms with Crippen LogP contribution in [0.4, 0.5) is 4.79 Å². The molecule has 0 aromatic carbocycles. The van der Waals surface area contributed by atoms with Crippen molar-refractivity contribution in [3.05, 3.63) is 0 Å². The lowest BCUT2D eigenvalue weighted by Gasteiger charge is -2.05. The number of amides is 1. The molecule has 74 valence electrons. The van der Waals surface area contributed by atoms with Gasteiger partial charge in [0.2, 0.25) is 0 Å². The molecule has 4 nitrogen and oxygen atoms in total. The quantitative estimate of drug-likeness (QED) is 0.567. The smallest absolute Gasteiger partial charge is 0.402 e. The predicted molar refractivity (Wildman–Crippen MR) is 50.3 cm³/mol. The lowest BCUT2D eigenvalue weighted by Crippen LogP contribution is -2.23. The van der Waals surface area contributed by atoms with Crippen LogP contribution >= 0.6 is 0 Å². The molecule has 4 N–H and O–H groups in total. The van der Waals surface area contributed by atoms with Crippen molar-refractivity contribution < 1.29 is 9.90 Å². The average Bonchev–Trinajstić information content (AvgIpc) is 1.86. The number of carbonyl (C=O) groups is 1. The number of nitrogens with two attached hydrogens (primary N) is 1. The first kappa shape index (κ1) is 13.8. The third-order valence-corrected chi connectivity index (χ3v) is 1.08. The zero-order valence-corrected chi connectivity index (χ0v) is 8.13. The van der Waals surface area contributed by atoms with E-state index in [-0.39, 0.29) is 0 Å². The Kier molecular flexibility index (Phi) is 11.8. The SMILES string of the molecule is CCCCNC(C)C.NC(=O)O. The monoisotopic (exact) mass is 176 g/mol. The molecule has 0 spiro atoms. The standard InChI is InChI=1S/C7H17N.CH3NO2/c1-4-5-6-8-7(2)3;2-1(3)4/h7-8H,4-6H2,1-3H3;2H2,(H,3,4). The Bertz CT molecular complexity index is 101. The lowest BCUT2D eigenvalue weighted by molar-refractivity contribution is 0.205. The minimum absolute atomic E-state index is 0.654. The molecular formula is C8H20N2O2. The van der Waals surface area contributed by atoms with Crippen LogP contribution < -0.4 is 11.1 Å². The summed E-state index contributed by atoms with van der Waals surface area (Å²) in [5.74, 6) is 0. The Hall–Kier alpha value is -0.770. The molecule has 0 aromatic heterocycles. The van der Waals surface area contributed by atoms with Crippen molar-refractivity contribution in [1.29, 1.82) is 0 Å². The molecule has 0 saturated carbocycles. The van der Waals surface area contributed by atoms with E-state index in [1.54, 1.807) is 0 Å². The minimum Gasteiger partial charge on any atom is -0.465 e. The highest BCUT2D eigenvalue weighted by atomic mass is 16.4. The van der Waals surface area contributed by atoms with Crippen molar-refractivity contribution in [2.24, 2.45) is 5.73 Å². The highest BCUT2D eigenvalue weighted by molar-refractivity contribution is 5.61. The van der Waals surface area contributed by atoms with Gasteiger partial charge in [-0.05, 0) is 13.0 Å². The summed E-state index contributed by atoms with van der Waals surface area (Å²) in [6.07, 6.45) is 1.26. The van der Waals surface area contributed by atoms with Gasteiger partial charge in [-0.25, -0.2) is 4.79 Å². The molecule has 0 saturated heterocycles. The number of unbranched alkanes of at least 4 members (excludes halogenated alkanes) is 1. The van der Waals surface area contributed by atoms with Crippen LogP contribution in [0.5, 0.6) is 0 Å². The largest absolute Gasteiger partial charge is 0.465 e. The van der Waals surface area contributed by atoms with Gasteiger partial charge in [0.25, 0.3) is 0 Å². The third kappa shape index (κ3) is 34.9. The molecule has 12 heavy (non-hydrogen) atoms. The van der Waals surface area contributed by atoms with Gasteiger partial charge in [0, 0.05) is 6.04 Å². The van der Waals surface area contributed by atoms with E-state index in [2.05, 4.69) is 31.8 Å². The molecule has 0 bridgehead atoms. The maximum atomic E-state index is 8.78. The number of hydrogen-bond acceptors (Lipinski definition) is 2. The van der Waals surface area contributed by atoms with Gasteiger partial charge < -0.3 is 16.2 Å². The van der Waals surface area contributed by atoms with E-state index in [9.17, 15) is 0 Å². The van der Waals surface area contributed by atoms with Crippen LogP contribution in [-0.2, 0) is 0 Å². The van der Waals surface area contributed by atoms with Gasteiger partial charge in [-0.1, -0.05) is 27.2 Å². The number of primary amides is 1. The van der Waals surface area contributed by atoms with E-state index in [1.807, 2.05) is 0 Å². The van der Waals surface area contributed by atoms with Crippen molar-refractivity contribution in [2.75, 3.05) is 6.54 Å². The Labute approximate surface area is 74.1 Å². The van der Waals surface area contributed by atoms with E-state index in [0.29, 0.717) is 6.04 Å². The number of carboxylic acid groups (broad SMARTS) is 1. The van der Waals surface area contributed by atoms with Crippen LogP contribution in [0.2, 0.25) is 0 Å². The Balaban J connectivity index is 0. The Morgan fingerprint density at radius 2 is 2.00 bits per heavy atom. The summed E-state index contributed by atoms with van der Waals surface area (Å²) >= 11 is 0. The van der Waals surface area contributed by atoms with E-state index in [1.165, 1.54) is 19.4 Å².